The van der Waals surface area contributed by atoms with Crippen molar-refractivity contribution in [2.75, 3.05) is 7.11 Å². The molecule has 11 nitrogen and oxygen atoms in total. The molecule has 1 saturated heterocycles. The number of methoxy groups -OCH3 is 1. The summed E-state index contributed by atoms with van der Waals surface area (Å²) < 4.78 is 16.4. The molecule has 2 aromatic rings. The highest BCUT2D eigenvalue weighted by Gasteiger charge is 2.60. The molecule has 2 bridgehead atoms. The number of Topliss-reactive ketones (excluding diaryl/α,β-unsaturated/α-hetero) is 3. The Balaban J connectivity index is 1.43. The Bertz CT molecular complexity index is 1780. The Morgan fingerprint density at radius 3 is 2.50 bits per heavy atom. The van der Waals surface area contributed by atoms with Crippen LogP contribution in [0.25, 0.3) is 5.76 Å². The number of benzene rings is 2. The standard InChI is InChI=1S/C31H24O11/c1-12-7-15-22(16(32)8-12)27(37)24-25(35)14-5-6-30(24,28(15)38)10-13-9-18-23(26(36)21(13)14)17(33)11-31(42-18,29(39)40-2)19-3-4-20(34)41-19/h5-9,14,19,32,36-37H,3-4,10-11H2,1-2H3/t14-,19-,30-,31-/m0/s1. The van der Waals surface area contributed by atoms with Gasteiger partial charge in [-0.15, -0.1) is 0 Å². The molecule has 2 heterocycles. The van der Waals surface area contributed by atoms with Crippen LogP contribution in [0.3, 0.4) is 0 Å². The number of ether oxygens (including phenoxy) is 3. The van der Waals surface area contributed by atoms with Crippen LogP contribution in [0.15, 0.2) is 35.9 Å². The fourth-order valence-corrected chi connectivity index (χ4v) is 7.21. The molecule has 0 unspecified atom stereocenters. The van der Waals surface area contributed by atoms with Crippen LogP contribution >= 0.6 is 0 Å². The van der Waals surface area contributed by atoms with Crippen molar-refractivity contribution in [3.8, 4) is 17.2 Å². The van der Waals surface area contributed by atoms with Crippen LogP contribution in [0.4, 0.5) is 0 Å². The molecule has 2 aromatic carbocycles. The Morgan fingerprint density at radius 2 is 1.81 bits per heavy atom. The number of carbonyl (C=O) groups excluding carboxylic acids is 5. The molecule has 1 spiro atoms. The van der Waals surface area contributed by atoms with E-state index >= 15 is 0 Å². The van der Waals surface area contributed by atoms with E-state index in [9.17, 15) is 39.3 Å². The molecule has 214 valence electrons. The Kier molecular flexibility index (Phi) is 5.14. The van der Waals surface area contributed by atoms with Gasteiger partial charge in [-0.1, -0.05) is 12.2 Å². The summed E-state index contributed by atoms with van der Waals surface area (Å²) >= 11 is 0. The van der Waals surface area contributed by atoms with Gasteiger partial charge in [0, 0.05) is 17.5 Å². The van der Waals surface area contributed by atoms with E-state index in [1.54, 1.807) is 6.92 Å². The second kappa shape index (κ2) is 8.31. The first kappa shape index (κ1) is 26.0. The van der Waals surface area contributed by atoms with E-state index in [0.717, 1.165) is 7.11 Å². The number of aliphatic hydroxyl groups is 1. The number of esters is 2. The van der Waals surface area contributed by atoms with Gasteiger partial charge in [0.1, 0.15) is 28.6 Å². The lowest BCUT2D eigenvalue weighted by Gasteiger charge is -2.39. The summed E-state index contributed by atoms with van der Waals surface area (Å²) in [5.41, 5.74) is -3.32. The van der Waals surface area contributed by atoms with E-state index in [4.69, 9.17) is 14.2 Å². The van der Waals surface area contributed by atoms with Gasteiger partial charge < -0.3 is 29.5 Å². The normalized spacial score (nSPS) is 28.8. The maximum absolute atomic E-state index is 14.1. The van der Waals surface area contributed by atoms with Gasteiger partial charge in [0.2, 0.25) is 5.60 Å². The van der Waals surface area contributed by atoms with Crippen molar-refractivity contribution in [1.82, 2.24) is 0 Å². The number of carbonyl (C=O) groups is 5. The van der Waals surface area contributed by atoms with E-state index in [1.165, 1.54) is 30.4 Å². The van der Waals surface area contributed by atoms with Gasteiger partial charge >= 0.3 is 11.9 Å². The zero-order chi connectivity index (χ0) is 29.9. The molecular weight excluding hydrogens is 548 g/mol. The van der Waals surface area contributed by atoms with Gasteiger partial charge in [0.15, 0.2) is 23.5 Å². The lowest BCUT2D eigenvalue weighted by molar-refractivity contribution is -0.175. The van der Waals surface area contributed by atoms with E-state index in [-0.39, 0.29) is 64.2 Å². The number of phenols is 2. The first-order valence-electron chi connectivity index (χ1n) is 13.4. The van der Waals surface area contributed by atoms with Crippen molar-refractivity contribution in [3.63, 3.8) is 0 Å². The summed E-state index contributed by atoms with van der Waals surface area (Å²) in [6.07, 6.45) is 1.20. The number of rotatable bonds is 2. The molecule has 4 aliphatic carbocycles. The smallest absolute Gasteiger partial charge is 0.354 e. The minimum atomic E-state index is -2.00. The van der Waals surface area contributed by atoms with Crippen LogP contribution in [-0.2, 0) is 30.3 Å². The minimum Gasteiger partial charge on any atom is -0.507 e. The van der Waals surface area contributed by atoms with Crippen LogP contribution in [0.1, 0.15) is 68.2 Å². The summed E-state index contributed by atoms with van der Waals surface area (Å²) in [6, 6.07) is 4.30. The first-order valence-corrected chi connectivity index (χ1v) is 13.4. The van der Waals surface area contributed by atoms with Gasteiger partial charge in [-0.3, -0.25) is 19.2 Å². The Morgan fingerprint density at radius 1 is 1.05 bits per heavy atom. The van der Waals surface area contributed by atoms with Crippen LogP contribution in [0.2, 0.25) is 0 Å². The maximum atomic E-state index is 14.1. The van der Waals surface area contributed by atoms with E-state index in [2.05, 4.69) is 0 Å². The SMILES string of the molecule is COC(=O)[C@@]1([C@@H]2CCC(=O)O2)CC(=O)c2c(cc3c(c2O)[C@@H]2C=C[C@@]4(C3)C(=O)c3cc(C)cc(O)c3C(O)=C4C2=O)O1. The lowest BCUT2D eigenvalue weighted by atomic mass is 9.62. The number of phenolic OH excluding ortho intramolecular Hbond substituents is 2. The topological polar surface area (TPSA) is 174 Å². The molecule has 0 aromatic heterocycles. The van der Waals surface area contributed by atoms with Crippen LogP contribution in [0.5, 0.6) is 17.2 Å². The summed E-state index contributed by atoms with van der Waals surface area (Å²) in [7, 11) is 1.11. The molecule has 11 heteroatoms. The number of aryl methyl sites for hydroxylation is 1. The third-order valence-electron chi connectivity index (χ3n) is 9.03. The second-order valence-electron chi connectivity index (χ2n) is 11.4. The van der Waals surface area contributed by atoms with E-state index < -0.39 is 70.3 Å². The lowest BCUT2D eigenvalue weighted by Crippen LogP contribution is -2.58. The zero-order valence-electron chi connectivity index (χ0n) is 22.5. The molecule has 6 aliphatic rings. The van der Waals surface area contributed by atoms with E-state index in [1.807, 2.05) is 0 Å². The highest BCUT2D eigenvalue weighted by molar-refractivity contribution is 6.23. The van der Waals surface area contributed by atoms with Crippen molar-refractivity contribution in [1.29, 1.82) is 0 Å². The van der Waals surface area contributed by atoms with Crippen molar-refractivity contribution in [2.24, 2.45) is 5.41 Å². The third kappa shape index (κ3) is 3.07. The first-order chi connectivity index (χ1) is 19.9. The Labute approximate surface area is 238 Å². The Hall–Kier alpha value is -4.93. The minimum absolute atomic E-state index is 0.0124. The highest BCUT2D eigenvalue weighted by Crippen LogP contribution is 2.58. The van der Waals surface area contributed by atoms with E-state index in [0.29, 0.717) is 5.56 Å². The summed E-state index contributed by atoms with van der Waals surface area (Å²) in [6.45, 7) is 1.68. The predicted molar refractivity (Wildman–Crippen MR) is 141 cm³/mol. The zero-order valence-corrected chi connectivity index (χ0v) is 22.5. The number of ketones is 3. The number of aromatic hydroxyl groups is 2. The number of hydrogen-bond acceptors (Lipinski definition) is 11. The molecule has 0 amide bonds. The highest BCUT2D eigenvalue weighted by atomic mass is 16.6. The van der Waals surface area contributed by atoms with Crippen molar-refractivity contribution >= 4 is 35.0 Å². The van der Waals surface area contributed by atoms with Gasteiger partial charge in [0.25, 0.3) is 0 Å². The number of hydrogen-bond donors (Lipinski definition) is 3. The van der Waals surface area contributed by atoms with Gasteiger partial charge in [0.05, 0.1) is 36.0 Å². The summed E-state index contributed by atoms with van der Waals surface area (Å²) in [5, 5.41) is 33.5. The van der Waals surface area contributed by atoms with Gasteiger partial charge in [-0.05, 0) is 49.1 Å². The third-order valence-corrected chi connectivity index (χ3v) is 9.03. The summed E-state index contributed by atoms with van der Waals surface area (Å²) in [4.78, 5) is 66.6. The fraction of sp³-hybridized carbons (Fsp3) is 0.323. The summed E-state index contributed by atoms with van der Waals surface area (Å²) in [5.74, 6) is -6.15. The molecule has 2 aliphatic heterocycles. The number of allylic oxidation sites excluding steroid dienone is 3. The average molecular weight is 573 g/mol. The molecule has 3 N–H and O–H groups in total. The maximum Gasteiger partial charge on any atom is 0.354 e. The quantitative estimate of drug-likeness (QED) is 0.357. The molecule has 42 heavy (non-hydrogen) atoms. The van der Waals surface area contributed by atoms with Crippen LogP contribution in [0, 0.1) is 12.3 Å². The molecule has 0 saturated carbocycles. The van der Waals surface area contributed by atoms with Crippen molar-refractivity contribution in [3.05, 3.63) is 69.3 Å². The number of cyclic esters (lactones) is 1. The number of aliphatic hydroxyl groups excluding tert-OH is 1. The fourth-order valence-electron chi connectivity index (χ4n) is 7.21. The largest absolute Gasteiger partial charge is 0.507 e. The predicted octanol–water partition coefficient (Wildman–Crippen LogP) is 2.92. The number of fused-ring (bicyclic) bond motifs is 2. The molecular formula is C31H24O11. The monoisotopic (exact) mass is 572 g/mol. The molecule has 1 fully saturated rings. The van der Waals surface area contributed by atoms with Gasteiger partial charge in [-0.25, -0.2) is 4.79 Å². The average Bonchev–Trinajstić information content (AvgIpc) is 3.26. The molecule has 4 atom stereocenters. The second-order valence-corrected chi connectivity index (χ2v) is 11.4. The van der Waals surface area contributed by atoms with Crippen molar-refractivity contribution < 1.29 is 53.5 Å². The van der Waals surface area contributed by atoms with Crippen molar-refractivity contribution in [2.45, 2.75) is 50.2 Å². The molecule has 0 radical (unpaired) electrons. The van der Waals surface area contributed by atoms with Crippen LogP contribution < -0.4 is 4.74 Å². The molecule has 8 rings (SSSR count). The van der Waals surface area contributed by atoms with Gasteiger partial charge in [-0.2, -0.15) is 0 Å². The van der Waals surface area contributed by atoms with Crippen LogP contribution in [-0.4, -0.2) is 63.4 Å².